The van der Waals surface area contributed by atoms with Crippen LogP contribution in [0.25, 0.3) is 0 Å². The molecule has 0 heterocycles. The average molecular weight is 271 g/mol. The van der Waals surface area contributed by atoms with Crippen molar-refractivity contribution in [3.05, 3.63) is 28.1 Å². The maximum absolute atomic E-state index is 13.7. The molecule has 1 rings (SSSR count). The molecule has 0 aliphatic heterocycles. The highest BCUT2D eigenvalue weighted by Crippen LogP contribution is 2.32. The number of hydrogen-bond donors (Lipinski definition) is 2. The van der Waals surface area contributed by atoms with Crippen molar-refractivity contribution in [2.24, 2.45) is 0 Å². The highest BCUT2D eigenvalue weighted by molar-refractivity contribution is 5.59. The second kappa shape index (κ2) is 7.52. The zero-order valence-electron chi connectivity index (χ0n) is 11.0. The first kappa shape index (κ1) is 15.2. The number of anilines is 1. The van der Waals surface area contributed by atoms with Crippen molar-refractivity contribution in [1.82, 2.24) is 5.32 Å². The van der Waals surface area contributed by atoms with Gasteiger partial charge in [-0.25, -0.2) is 4.39 Å². The minimum Gasteiger partial charge on any atom is -0.490 e. The molecule has 1 aromatic rings. The number of halogens is 1. The summed E-state index contributed by atoms with van der Waals surface area (Å²) < 4.78 is 18.6. The maximum Gasteiger partial charge on any atom is 0.313 e. The van der Waals surface area contributed by atoms with E-state index in [-0.39, 0.29) is 17.1 Å². The van der Waals surface area contributed by atoms with Gasteiger partial charge in [-0.15, -0.1) is 0 Å². The summed E-state index contributed by atoms with van der Waals surface area (Å²) in [7, 11) is 1.31. The molecule has 2 N–H and O–H groups in total. The molecule has 1 aromatic carbocycles. The lowest BCUT2D eigenvalue weighted by molar-refractivity contribution is -0.385. The van der Waals surface area contributed by atoms with Crippen molar-refractivity contribution in [3.63, 3.8) is 0 Å². The lowest BCUT2D eigenvalue weighted by atomic mass is 10.2. The molecule has 19 heavy (non-hydrogen) atoms. The molecule has 0 aliphatic carbocycles. The quantitative estimate of drug-likeness (QED) is 0.430. The largest absolute Gasteiger partial charge is 0.490 e. The van der Waals surface area contributed by atoms with Crippen LogP contribution in [-0.4, -0.2) is 31.7 Å². The van der Waals surface area contributed by atoms with E-state index in [9.17, 15) is 14.5 Å². The first-order chi connectivity index (χ1) is 9.10. The van der Waals surface area contributed by atoms with Gasteiger partial charge in [-0.3, -0.25) is 10.1 Å². The number of ether oxygens (including phenoxy) is 1. The Hall–Kier alpha value is -1.89. The molecule has 0 saturated carbocycles. The van der Waals surface area contributed by atoms with Crippen molar-refractivity contribution < 1.29 is 14.1 Å². The number of hydrogen-bond acceptors (Lipinski definition) is 5. The fourth-order valence-electron chi connectivity index (χ4n) is 1.60. The van der Waals surface area contributed by atoms with E-state index in [1.54, 1.807) is 0 Å². The van der Waals surface area contributed by atoms with Gasteiger partial charge in [0.2, 0.25) is 0 Å². The third-order valence-electron chi connectivity index (χ3n) is 2.56. The highest BCUT2D eigenvalue weighted by atomic mass is 19.1. The van der Waals surface area contributed by atoms with E-state index >= 15 is 0 Å². The predicted octanol–water partition coefficient (Wildman–Crippen LogP) is 2.15. The summed E-state index contributed by atoms with van der Waals surface area (Å²) >= 11 is 0. The lowest BCUT2D eigenvalue weighted by Crippen LogP contribution is -2.17. The summed E-state index contributed by atoms with van der Waals surface area (Å²) in [5.74, 6) is -0.614. The average Bonchev–Trinajstić information content (AvgIpc) is 2.39. The molecule has 0 unspecified atom stereocenters. The van der Waals surface area contributed by atoms with Gasteiger partial charge < -0.3 is 15.4 Å². The van der Waals surface area contributed by atoms with Crippen molar-refractivity contribution in [3.8, 4) is 5.75 Å². The molecular formula is C12H18FN3O3. The molecule has 0 spiro atoms. The summed E-state index contributed by atoms with van der Waals surface area (Å²) in [6.45, 7) is 4.30. The smallest absolute Gasteiger partial charge is 0.313 e. The third kappa shape index (κ3) is 4.36. The van der Waals surface area contributed by atoms with Gasteiger partial charge in [0.15, 0.2) is 11.6 Å². The fourth-order valence-corrected chi connectivity index (χ4v) is 1.60. The molecule has 6 nitrogen and oxygen atoms in total. The van der Waals surface area contributed by atoms with Crippen molar-refractivity contribution >= 4 is 11.4 Å². The predicted molar refractivity (Wildman–Crippen MR) is 71.3 cm³/mol. The first-order valence-electron chi connectivity index (χ1n) is 6.06. The number of nitro groups is 1. The second-order valence-corrected chi connectivity index (χ2v) is 3.89. The van der Waals surface area contributed by atoms with Crippen LogP contribution in [0.1, 0.15) is 13.3 Å². The number of benzene rings is 1. The molecule has 0 radical (unpaired) electrons. The van der Waals surface area contributed by atoms with Crippen LogP contribution in [0.15, 0.2) is 12.1 Å². The summed E-state index contributed by atoms with van der Waals surface area (Å²) in [6.07, 6.45) is 0.826. The minimum absolute atomic E-state index is 0.0422. The summed E-state index contributed by atoms with van der Waals surface area (Å²) in [6, 6.07) is 2.17. The zero-order valence-corrected chi connectivity index (χ0v) is 11.0. The van der Waals surface area contributed by atoms with E-state index < -0.39 is 10.7 Å². The topological polar surface area (TPSA) is 76.4 Å². The number of nitrogens with one attached hydrogen (secondary N) is 2. The molecule has 0 aliphatic rings. The summed E-state index contributed by atoms with van der Waals surface area (Å²) in [4.78, 5) is 10.0. The monoisotopic (exact) mass is 271 g/mol. The van der Waals surface area contributed by atoms with Crippen LogP contribution in [-0.2, 0) is 0 Å². The Morgan fingerprint density at radius 2 is 2.16 bits per heavy atom. The van der Waals surface area contributed by atoms with E-state index in [1.165, 1.54) is 13.2 Å². The Morgan fingerprint density at radius 1 is 1.42 bits per heavy atom. The van der Waals surface area contributed by atoms with Gasteiger partial charge in [-0.1, -0.05) is 6.92 Å². The van der Waals surface area contributed by atoms with E-state index in [2.05, 4.69) is 10.6 Å². The molecule has 106 valence electrons. The molecule has 0 amide bonds. The van der Waals surface area contributed by atoms with Gasteiger partial charge in [0, 0.05) is 12.6 Å². The van der Waals surface area contributed by atoms with E-state index in [1.807, 2.05) is 6.92 Å². The van der Waals surface area contributed by atoms with Gasteiger partial charge in [0.25, 0.3) is 0 Å². The molecule has 0 saturated heterocycles. The first-order valence-corrected chi connectivity index (χ1v) is 6.06. The molecular weight excluding hydrogens is 253 g/mol. The van der Waals surface area contributed by atoms with E-state index in [0.29, 0.717) is 6.54 Å². The molecule has 0 aromatic heterocycles. The summed E-state index contributed by atoms with van der Waals surface area (Å²) in [5.41, 5.74) is -0.169. The van der Waals surface area contributed by atoms with Crippen molar-refractivity contribution in [1.29, 1.82) is 0 Å². The van der Waals surface area contributed by atoms with E-state index in [0.717, 1.165) is 25.6 Å². The van der Waals surface area contributed by atoms with E-state index in [4.69, 9.17) is 4.74 Å². The van der Waals surface area contributed by atoms with Gasteiger partial charge >= 0.3 is 5.69 Å². The van der Waals surface area contributed by atoms with Crippen LogP contribution in [0.3, 0.4) is 0 Å². The molecule has 0 atom stereocenters. The number of nitro benzene ring substituents is 1. The Bertz CT molecular complexity index is 440. The molecule has 0 bridgehead atoms. The Labute approximate surface area is 111 Å². The van der Waals surface area contributed by atoms with Gasteiger partial charge in [0.1, 0.15) is 0 Å². The SMILES string of the molecule is CCNCCCNc1cc(OC)c([N+](=O)[O-])cc1F. The number of nitrogens with zero attached hydrogens (tertiary/aromatic N) is 1. The van der Waals surface area contributed by atoms with Crippen LogP contribution in [0.5, 0.6) is 5.75 Å². The number of rotatable bonds is 8. The van der Waals surface area contributed by atoms with Crippen LogP contribution in [0.2, 0.25) is 0 Å². The third-order valence-corrected chi connectivity index (χ3v) is 2.56. The zero-order chi connectivity index (χ0) is 14.3. The van der Waals surface area contributed by atoms with Crippen LogP contribution < -0.4 is 15.4 Å². The Balaban J connectivity index is 2.71. The maximum atomic E-state index is 13.7. The van der Waals surface area contributed by atoms with Gasteiger partial charge in [-0.2, -0.15) is 0 Å². The summed E-state index contributed by atoms with van der Waals surface area (Å²) in [5, 5.41) is 16.7. The Morgan fingerprint density at radius 3 is 2.74 bits per heavy atom. The second-order valence-electron chi connectivity index (χ2n) is 3.89. The lowest BCUT2D eigenvalue weighted by Gasteiger charge is -2.10. The van der Waals surface area contributed by atoms with Crippen LogP contribution in [0.4, 0.5) is 15.8 Å². The van der Waals surface area contributed by atoms with Crippen LogP contribution >= 0.6 is 0 Å². The highest BCUT2D eigenvalue weighted by Gasteiger charge is 2.18. The normalized spacial score (nSPS) is 10.3. The molecule has 7 heteroatoms. The molecule has 0 fully saturated rings. The van der Waals surface area contributed by atoms with Crippen LogP contribution in [0, 0.1) is 15.9 Å². The number of methoxy groups -OCH3 is 1. The standard InChI is InChI=1S/C12H18FN3O3/c1-3-14-5-4-6-15-10-8-12(19-2)11(16(17)18)7-9(10)13/h7-8,14-15H,3-6H2,1-2H3. The van der Waals surface area contributed by atoms with Crippen molar-refractivity contribution in [2.45, 2.75) is 13.3 Å². The Kier molecular flexibility index (Phi) is 6.01. The van der Waals surface area contributed by atoms with Gasteiger partial charge in [0.05, 0.1) is 23.8 Å². The fraction of sp³-hybridized carbons (Fsp3) is 0.500. The van der Waals surface area contributed by atoms with Gasteiger partial charge in [-0.05, 0) is 19.5 Å². The minimum atomic E-state index is -0.670. The van der Waals surface area contributed by atoms with Crippen molar-refractivity contribution in [2.75, 3.05) is 32.1 Å².